The number of carbonyl (C=O) groups is 2. The van der Waals surface area contributed by atoms with E-state index in [1.54, 1.807) is 0 Å². The highest BCUT2D eigenvalue weighted by molar-refractivity contribution is 5.74. The van der Waals surface area contributed by atoms with Crippen molar-refractivity contribution in [2.24, 2.45) is 5.92 Å². The van der Waals surface area contributed by atoms with Crippen LogP contribution in [0, 0.1) is 5.92 Å². The van der Waals surface area contributed by atoms with E-state index in [-0.39, 0.29) is 24.0 Å². The van der Waals surface area contributed by atoms with E-state index >= 15 is 0 Å². The SMILES string of the molecule is CCCC[C@@H]1C[C@H](CCCCCCCCC(=O)OC)OC1=O. The first kappa shape index (κ1) is 19.0. The molecule has 1 fully saturated rings. The summed E-state index contributed by atoms with van der Waals surface area (Å²) in [6.45, 7) is 2.16. The fraction of sp³-hybridized carbons (Fsp3) is 0.889. The van der Waals surface area contributed by atoms with Crippen LogP contribution in [0.1, 0.15) is 84.0 Å². The van der Waals surface area contributed by atoms with Crippen LogP contribution in [0.2, 0.25) is 0 Å². The van der Waals surface area contributed by atoms with Gasteiger partial charge in [0, 0.05) is 6.42 Å². The lowest BCUT2D eigenvalue weighted by Gasteiger charge is -2.08. The molecule has 0 radical (unpaired) electrons. The molecule has 1 aliphatic heterocycles. The Morgan fingerprint density at radius 2 is 1.77 bits per heavy atom. The molecular formula is C18H32O4. The molecule has 1 saturated heterocycles. The van der Waals surface area contributed by atoms with Crippen molar-refractivity contribution in [3.05, 3.63) is 0 Å². The van der Waals surface area contributed by atoms with Crippen molar-refractivity contribution in [2.45, 2.75) is 90.1 Å². The normalized spacial score (nSPS) is 20.9. The number of cyclic esters (lactones) is 1. The summed E-state index contributed by atoms with van der Waals surface area (Å²) in [4.78, 5) is 22.7. The molecule has 0 aromatic carbocycles. The van der Waals surface area contributed by atoms with Gasteiger partial charge in [0.2, 0.25) is 0 Å². The molecule has 1 aliphatic rings. The van der Waals surface area contributed by atoms with Gasteiger partial charge in [0.1, 0.15) is 6.10 Å². The number of hydrogen-bond acceptors (Lipinski definition) is 4. The summed E-state index contributed by atoms with van der Waals surface area (Å²) in [5.41, 5.74) is 0. The first-order chi connectivity index (χ1) is 10.7. The maximum atomic E-state index is 11.7. The zero-order valence-corrected chi connectivity index (χ0v) is 14.3. The molecular weight excluding hydrogens is 280 g/mol. The van der Waals surface area contributed by atoms with E-state index in [1.807, 2.05) is 0 Å². The van der Waals surface area contributed by atoms with Gasteiger partial charge in [-0.1, -0.05) is 45.4 Å². The maximum absolute atomic E-state index is 11.7. The molecule has 0 aromatic rings. The average Bonchev–Trinajstić information content (AvgIpc) is 2.87. The Bertz CT molecular complexity index is 327. The fourth-order valence-corrected chi connectivity index (χ4v) is 3.04. The van der Waals surface area contributed by atoms with E-state index in [4.69, 9.17) is 4.74 Å². The number of ether oxygens (including phenoxy) is 2. The van der Waals surface area contributed by atoms with Crippen molar-refractivity contribution >= 4 is 11.9 Å². The lowest BCUT2D eigenvalue weighted by atomic mass is 9.96. The molecule has 0 N–H and O–H groups in total. The summed E-state index contributed by atoms with van der Waals surface area (Å²) in [6.07, 6.45) is 12.6. The molecule has 0 amide bonds. The second-order valence-electron chi connectivity index (χ2n) is 6.37. The number of esters is 2. The van der Waals surface area contributed by atoms with Gasteiger partial charge in [-0.3, -0.25) is 9.59 Å². The molecule has 0 bridgehead atoms. The third-order valence-corrected chi connectivity index (χ3v) is 4.45. The standard InChI is InChI=1S/C18H32O4/c1-3-4-11-15-14-16(22-18(15)20)12-9-7-5-6-8-10-13-17(19)21-2/h15-16H,3-14H2,1-2H3/t15-,16+/m1/s1. The highest BCUT2D eigenvalue weighted by atomic mass is 16.6. The molecule has 0 saturated carbocycles. The van der Waals surface area contributed by atoms with Gasteiger partial charge in [0.15, 0.2) is 0 Å². The Hall–Kier alpha value is -1.06. The largest absolute Gasteiger partial charge is 0.469 e. The van der Waals surface area contributed by atoms with Gasteiger partial charge in [-0.15, -0.1) is 0 Å². The molecule has 22 heavy (non-hydrogen) atoms. The molecule has 4 nitrogen and oxygen atoms in total. The zero-order valence-electron chi connectivity index (χ0n) is 14.3. The predicted molar refractivity (Wildman–Crippen MR) is 86.5 cm³/mol. The molecule has 0 aliphatic carbocycles. The summed E-state index contributed by atoms with van der Waals surface area (Å²) in [6, 6.07) is 0. The highest BCUT2D eigenvalue weighted by Crippen LogP contribution is 2.28. The van der Waals surface area contributed by atoms with E-state index in [1.165, 1.54) is 26.4 Å². The van der Waals surface area contributed by atoms with Crippen molar-refractivity contribution in [3.8, 4) is 0 Å². The van der Waals surface area contributed by atoms with E-state index in [2.05, 4.69) is 11.7 Å². The summed E-state index contributed by atoms with van der Waals surface area (Å²) >= 11 is 0. The molecule has 0 spiro atoms. The van der Waals surface area contributed by atoms with Crippen molar-refractivity contribution in [3.63, 3.8) is 0 Å². The zero-order chi connectivity index (χ0) is 16.2. The van der Waals surface area contributed by atoms with Gasteiger partial charge >= 0.3 is 11.9 Å². The number of methoxy groups -OCH3 is 1. The minimum absolute atomic E-state index is 0.0289. The Labute approximate surface area is 134 Å². The van der Waals surface area contributed by atoms with Gasteiger partial charge in [-0.05, 0) is 32.1 Å². The Morgan fingerprint density at radius 1 is 1.09 bits per heavy atom. The van der Waals surface area contributed by atoms with Crippen LogP contribution in [-0.4, -0.2) is 25.2 Å². The monoisotopic (exact) mass is 312 g/mol. The fourth-order valence-electron chi connectivity index (χ4n) is 3.04. The summed E-state index contributed by atoms with van der Waals surface area (Å²) < 4.78 is 10.1. The molecule has 0 aromatic heterocycles. The predicted octanol–water partition coefficient (Wildman–Crippen LogP) is 4.40. The van der Waals surface area contributed by atoms with Gasteiger partial charge in [0.05, 0.1) is 13.0 Å². The molecule has 128 valence electrons. The van der Waals surface area contributed by atoms with E-state index in [9.17, 15) is 9.59 Å². The number of carbonyl (C=O) groups excluding carboxylic acids is 2. The smallest absolute Gasteiger partial charge is 0.309 e. The quantitative estimate of drug-likeness (QED) is 0.396. The van der Waals surface area contributed by atoms with Crippen LogP contribution in [0.15, 0.2) is 0 Å². The lowest BCUT2D eigenvalue weighted by Crippen LogP contribution is -2.07. The lowest BCUT2D eigenvalue weighted by molar-refractivity contribution is -0.144. The third kappa shape index (κ3) is 7.81. The molecule has 4 heteroatoms. The minimum atomic E-state index is -0.110. The Kier molecular flexibility index (Phi) is 9.93. The van der Waals surface area contributed by atoms with Crippen LogP contribution in [0.4, 0.5) is 0 Å². The Balaban J connectivity index is 1.95. The van der Waals surface area contributed by atoms with E-state index < -0.39 is 0 Å². The maximum Gasteiger partial charge on any atom is 0.309 e. The first-order valence-corrected chi connectivity index (χ1v) is 8.94. The highest BCUT2D eigenvalue weighted by Gasteiger charge is 2.33. The third-order valence-electron chi connectivity index (χ3n) is 4.45. The van der Waals surface area contributed by atoms with Crippen LogP contribution in [-0.2, 0) is 19.1 Å². The minimum Gasteiger partial charge on any atom is -0.469 e. The average molecular weight is 312 g/mol. The number of rotatable bonds is 12. The van der Waals surface area contributed by atoms with Crippen LogP contribution in [0.3, 0.4) is 0 Å². The second-order valence-corrected chi connectivity index (χ2v) is 6.37. The van der Waals surface area contributed by atoms with Crippen LogP contribution in [0.25, 0.3) is 0 Å². The number of unbranched alkanes of at least 4 members (excludes halogenated alkanes) is 6. The van der Waals surface area contributed by atoms with Crippen molar-refractivity contribution < 1.29 is 19.1 Å². The van der Waals surface area contributed by atoms with Crippen LogP contribution >= 0.6 is 0 Å². The number of hydrogen-bond donors (Lipinski definition) is 0. The summed E-state index contributed by atoms with van der Waals surface area (Å²) in [5.74, 6) is 0.0743. The summed E-state index contributed by atoms with van der Waals surface area (Å²) in [5, 5.41) is 0. The van der Waals surface area contributed by atoms with E-state index in [0.717, 1.165) is 51.4 Å². The van der Waals surface area contributed by atoms with Gasteiger partial charge < -0.3 is 9.47 Å². The van der Waals surface area contributed by atoms with Crippen LogP contribution < -0.4 is 0 Å². The molecule has 1 heterocycles. The summed E-state index contributed by atoms with van der Waals surface area (Å²) in [7, 11) is 1.44. The van der Waals surface area contributed by atoms with Crippen LogP contribution in [0.5, 0.6) is 0 Å². The van der Waals surface area contributed by atoms with Crippen molar-refractivity contribution in [1.82, 2.24) is 0 Å². The van der Waals surface area contributed by atoms with E-state index in [0.29, 0.717) is 6.42 Å². The first-order valence-electron chi connectivity index (χ1n) is 8.94. The molecule has 0 unspecified atom stereocenters. The van der Waals surface area contributed by atoms with Crippen molar-refractivity contribution in [2.75, 3.05) is 7.11 Å². The molecule has 1 rings (SSSR count). The second kappa shape index (κ2) is 11.5. The molecule has 2 atom stereocenters. The Morgan fingerprint density at radius 3 is 2.45 bits per heavy atom. The topological polar surface area (TPSA) is 52.6 Å². The van der Waals surface area contributed by atoms with Crippen molar-refractivity contribution in [1.29, 1.82) is 0 Å². The van der Waals surface area contributed by atoms with Gasteiger partial charge in [-0.25, -0.2) is 0 Å². The van der Waals surface area contributed by atoms with Gasteiger partial charge in [0.25, 0.3) is 0 Å². The van der Waals surface area contributed by atoms with Gasteiger partial charge in [-0.2, -0.15) is 0 Å².